The van der Waals surface area contributed by atoms with Crippen molar-refractivity contribution < 1.29 is 9.59 Å². The van der Waals surface area contributed by atoms with Gasteiger partial charge in [-0.1, -0.05) is 0 Å². The molecule has 2 amide bonds. The van der Waals surface area contributed by atoms with Crippen LogP contribution in [0.25, 0.3) is 10.7 Å². The predicted octanol–water partition coefficient (Wildman–Crippen LogP) is 0.514. The van der Waals surface area contributed by atoms with Gasteiger partial charge in [0.2, 0.25) is 6.41 Å². The predicted molar refractivity (Wildman–Crippen MR) is 76.7 cm³/mol. The van der Waals surface area contributed by atoms with Crippen molar-refractivity contribution in [1.82, 2.24) is 24.8 Å². The van der Waals surface area contributed by atoms with Crippen LogP contribution in [0.5, 0.6) is 0 Å². The molecule has 1 fully saturated rings. The molecule has 1 aliphatic heterocycles. The number of hydrogen-bond acceptors (Lipinski definition) is 6. The van der Waals surface area contributed by atoms with Crippen LogP contribution in [-0.2, 0) is 4.79 Å². The van der Waals surface area contributed by atoms with Crippen molar-refractivity contribution in [2.24, 2.45) is 0 Å². The van der Waals surface area contributed by atoms with Crippen molar-refractivity contribution >= 4 is 23.7 Å². The third-order valence-electron chi connectivity index (χ3n) is 3.26. The topological polar surface area (TPSA) is 79.3 Å². The molecule has 21 heavy (non-hydrogen) atoms. The molecule has 0 atom stereocenters. The Balaban J connectivity index is 1.72. The molecule has 0 aliphatic carbocycles. The second kappa shape index (κ2) is 5.96. The van der Waals surface area contributed by atoms with E-state index in [1.165, 1.54) is 11.3 Å². The molecule has 0 radical (unpaired) electrons. The molecule has 8 heteroatoms. The Kier molecular flexibility index (Phi) is 3.87. The summed E-state index contributed by atoms with van der Waals surface area (Å²) < 4.78 is 0. The SMILES string of the molecule is O=CN1CCN(C(=O)c2csc(-c3cnccn3)n2)CC1. The summed E-state index contributed by atoms with van der Waals surface area (Å²) in [6.07, 6.45) is 5.62. The summed E-state index contributed by atoms with van der Waals surface area (Å²) in [5.74, 6) is -0.105. The van der Waals surface area contributed by atoms with Crippen molar-refractivity contribution in [3.05, 3.63) is 29.7 Å². The van der Waals surface area contributed by atoms with Crippen LogP contribution in [-0.4, -0.2) is 63.2 Å². The lowest BCUT2D eigenvalue weighted by Crippen LogP contribution is -2.48. The molecule has 108 valence electrons. The fourth-order valence-electron chi connectivity index (χ4n) is 2.09. The molecule has 1 aliphatic rings. The third-order valence-corrected chi connectivity index (χ3v) is 4.12. The van der Waals surface area contributed by atoms with E-state index in [9.17, 15) is 9.59 Å². The van der Waals surface area contributed by atoms with Gasteiger partial charge in [-0.05, 0) is 0 Å². The Morgan fingerprint density at radius 3 is 2.71 bits per heavy atom. The standard InChI is InChI=1S/C13H13N5O2S/c19-9-17-3-5-18(6-4-17)13(20)11-8-21-12(16-11)10-7-14-1-2-15-10/h1-2,7-9H,3-6H2. The highest BCUT2D eigenvalue weighted by Crippen LogP contribution is 2.21. The highest BCUT2D eigenvalue weighted by Gasteiger charge is 2.23. The number of aromatic nitrogens is 3. The van der Waals surface area contributed by atoms with Gasteiger partial charge in [0.1, 0.15) is 16.4 Å². The largest absolute Gasteiger partial charge is 0.342 e. The van der Waals surface area contributed by atoms with E-state index in [0.29, 0.717) is 42.6 Å². The Bertz CT molecular complexity index is 637. The Labute approximate surface area is 125 Å². The third kappa shape index (κ3) is 2.89. The molecule has 0 bridgehead atoms. The van der Waals surface area contributed by atoms with Gasteiger partial charge in [-0.2, -0.15) is 0 Å². The minimum atomic E-state index is -0.105. The summed E-state index contributed by atoms with van der Waals surface area (Å²) in [5.41, 5.74) is 1.08. The minimum absolute atomic E-state index is 0.105. The first-order chi connectivity index (χ1) is 10.3. The number of carbonyl (C=O) groups is 2. The number of nitrogens with zero attached hydrogens (tertiary/aromatic N) is 5. The fourth-order valence-corrected chi connectivity index (χ4v) is 2.85. The van der Waals surface area contributed by atoms with E-state index in [2.05, 4.69) is 15.0 Å². The highest BCUT2D eigenvalue weighted by molar-refractivity contribution is 7.13. The lowest BCUT2D eigenvalue weighted by atomic mass is 10.3. The van der Waals surface area contributed by atoms with Crippen molar-refractivity contribution in [2.75, 3.05) is 26.2 Å². The molecule has 2 aromatic heterocycles. The van der Waals surface area contributed by atoms with E-state index < -0.39 is 0 Å². The average molecular weight is 303 g/mol. The fraction of sp³-hybridized carbons (Fsp3) is 0.308. The van der Waals surface area contributed by atoms with Crippen LogP contribution in [0.1, 0.15) is 10.5 Å². The zero-order chi connectivity index (χ0) is 14.7. The van der Waals surface area contributed by atoms with Crippen LogP contribution in [0.2, 0.25) is 0 Å². The summed E-state index contributed by atoms with van der Waals surface area (Å²) >= 11 is 1.37. The van der Waals surface area contributed by atoms with Gasteiger partial charge >= 0.3 is 0 Å². The van der Waals surface area contributed by atoms with Crippen molar-refractivity contribution in [1.29, 1.82) is 0 Å². The maximum absolute atomic E-state index is 12.4. The van der Waals surface area contributed by atoms with Gasteiger partial charge in [0.15, 0.2) is 0 Å². The maximum atomic E-state index is 12.4. The number of rotatable bonds is 3. The molecule has 0 unspecified atom stereocenters. The summed E-state index contributed by atoms with van der Waals surface area (Å²) in [5, 5.41) is 2.41. The highest BCUT2D eigenvalue weighted by atomic mass is 32.1. The van der Waals surface area contributed by atoms with Gasteiger partial charge in [-0.3, -0.25) is 19.6 Å². The summed E-state index contributed by atoms with van der Waals surface area (Å²) in [6.45, 7) is 2.21. The molecule has 1 saturated heterocycles. The van der Waals surface area contributed by atoms with Gasteiger partial charge < -0.3 is 9.80 Å². The monoisotopic (exact) mass is 303 g/mol. The zero-order valence-corrected chi connectivity index (χ0v) is 12.0. The number of amides is 2. The molecule has 3 rings (SSSR count). The van der Waals surface area contributed by atoms with Crippen LogP contribution >= 0.6 is 11.3 Å². The second-order valence-electron chi connectivity index (χ2n) is 4.56. The minimum Gasteiger partial charge on any atom is -0.342 e. The van der Waals surface area contributed by atoms with Gasteiger partial charge in [-0.25, -0.2) is 4.98 Å². The molecule has 2 aromatic rings. The average Bonchev–Trinajstić information content (AvgIpc) is 3.05. The molecule has 7 nitrogen and oxygen atoms in total. The van der Waals surface area contributed by atoms with Crippen molar-refractivity contribution in [3.8, 4) is 10.7 Å². The molecule has 3 heterocycles. The number of thiazole rings is 1. The van der Waals surface area contributed by atoms with E-state index in [4.69, 9.17) is 0 Å². The lowest BCUT2D eigenvalue weighted by Gasteiger charge is -2.32. The number of carbonyl (C=O) groups excluding carboxylic acids is 2. The van der Waals surface area contributed by atoms with Gasteiger partial charge in [0.25, 0.3) is 5.91 Å². The van der Waals surface area contributed by atoms with Crippen molar-refractivity contribution in [3.63, 3.8) is 0 Å². The van der Waals surface area contributed by atoms with Gasteiger partial charge in [-0.15, -0.1) is 11.3 Å². The molecular weight excluding hydrogens is 290 g/mol. The Morgan fingerprint density at radius 1 is 1.24 bits per heavy atom. The van der Waals surface area contributed by atoms with E-state index in [-0.39, 0.29) is 5.91 Å². The Hall–Kier alpha value is -2.35. The van der Waals surface area contributed by atoms with Crippen LogP contribution in [0.4, 0.5) is 0 Å². The van der Waals surface area contributed by atoms with Crippen LogP contribution in [0.3, 0.4) is 0 Å². The first-order valence-corrected chi connectivity index (χ1v) is 7.36. The lowest BCUT2D eigenvalue weighted by molar-refractivity contribution is -0.119. The van der Waals surface area contributed by atoms with Crippen molar-refractivity contribution in [2.45, 2.75) is 0 Å². The van der Waals surface area contributed by atoms with Gasteiger partial charge in [0.05, 0.1) is 6.20 Å². The summed E-state index contributed by atoms with van der Waals surface area (Å²) in [7, 11) is 0. The second-order valence-corrected chi connectivity index (χ2v) is 5.42. The Morgan fingerprint density at radius 2 is 2.05 bits per heavy atom. The zero-order valence-electron chi connectivity index (χ0n) is 11.2. The van der Waals surface area contributed by atoms with Gasteiger partial charge in [0, 0.05) is 44.0 Å². The van der Waals surface area contributed by atoms with E-state index >= 15 is 0 Å². The first kappa shape index (κ1) is 13.6. The number of hydrogen-bond donors (Lipinski definition) is 0. The van der Waals surface area contributed by atoms with E-state index in [0.717, 1.165) is 6.41 Å². The first-order valence-electron chi connectivity index (χ1n) is 6.48. The van der Waals surface area contributed by atoms with E-state index in [1.54, 1.807) is 33.8 Å². The molecule has 0 aromatic carbocycles. The van der Waals surface area contributed by atoms with E-state index in [1.807, 2.05) is 0 Å². The maximum Gasteiger partial charge on any atom is 0.273 e. The molecular formula is C13H13N5O2S. The summed E-state index contributed by atoms with van der Waals surface area (Å²) in [4.78, 5) is 38.9. The van der Waals surface area contributed by atoms with Crippen LogP contribution in [0, 0.1) is 0 Å². The van der Waals surface area contributed by atoms with Crippen LogP contribution in [0.15, 0.2) is 24.0 Å². The number of piperazine rings is 1. The molecule has 0 spiro atoms. The smallest absolute Gasteiger partial charge is 0.273 e. The molecule has 0 N–H and O–H groups in total. The quantitative estimate of drug-likeness (QED) is 0.772. The van der Waals surface area contributed by atoms with Crippen LogP contribution < -0.4 is 0 Å². The normalized spacial score (nSPS) is 15.0. The summed E-state index contributed by atoms with van der Waals surface area (Å²) in [6, 6.07) is 0. The molecule has 0 saturated carbocycles.